The quantitative estimate of drug-likeness (QED) is 0.884. The first-order valence-corrected chi connectivity index (χ1v) is 9.90. The predicted octanol–water partition coefficient (Wildman–Crippen LogP) is 1.08. The molecule has 1 aromatic heterocycles. The molecule has 3 heterocycles. The highest BCUT2D eigenvalue weighted by atomic mass is 32.2. The molecule has 2 aliphatic rings. The van der Waals surface area contributed by atoms with Gasteiger partial charge in [-0.15, -0.1) is 0 Å². The van der Waals surface area contributed by atoms with Gasteiger partial charge in [-0.05, 0) is 30.7 Å². The number of hydrogen-bond acceptors (Lipinski definition) is 5. The molecule has 2 atom stereocenters. The van der Waals surface area contributed by atoms with E-state index in [1.807, 2.05) is 24.7 Å². The molecular weight excluding hydrogens is 340 g/mol. The predicted molar refractivity (Wildman–Crippen MR) is 92.9 cm³/mol. The van der Waals surface area contributed by atoms with Crippen LogP contribution in [0.15, 0.2) is 35.5 Å². The number of nitrogens with zero attached hydrogens (tertiary/aromatic N) is 3. The number of aryl methyl sites for hydroxylation is 1. The van der Waals surface area contributed by atoms with E-state index >= 15 is 0 Å². The molecule has 1 aromatic carbocycles. The van der Waals surface area contributed by atoms with Crippen molar-refractivity contribution < 1.29 is 13.2 Å². The molecule has 0 aliphatic carbocycles. The average molecular weight is 362 g/mol. The van der Waals surface area contributed by atoms with Crippen LogP contribution in [-0.4, -0.2) is 48.0 Å². The minimum absolute atomic E-state index is 0.0902. The lowest BCUT2D eigenvalue weighted by molar-refractivity contribution is 0.254. The van der Waals surface area contributed by atoms with E-state index in [0.717, 1.165) is 23.6 Å². The van der Waals surface area contributed by atoms with Crippen LogP contribution in [0.4, 0.5) is 0 Å². The summed E-state index contributed by atoms with van der Waals surface area (Å²) >= 11 is 0. The second-order valence-corrected chi connectivity index (χ2v) is 8.52. The molecule has 1 N–H and O–H groups in total. The lowest BCUT2D eigenvalue weighted by atomic mass is 10.1. The Morgan fingerprint density at radius 1 is 1.36 bits per heavy atom. The van der Waals surface area contributed by atoms with Gasteiger partial charge in [-0.1, -0.05) is 0 Å². The molecule has 0 radical (unpaired) electrons. The first-order valence-electron chi connectivity index (χ1n) is 8.46. The third-order valence-corrected chi connectivity index (χ3v) is 6.73. The summed E-state index contributed by atoms with van der Waals surface area (Å²) < 4.78 is 35.7. The van der Waals surface area contributed by atoms with Gasteiger partial charge in [0.25, 0.3) is 0 Å². The molecule has 0 saturated carbocycles. The molecule has 2 aromatic rings. The van der Waals surface area contributed by atoms with Gasteiger partial charge in [-0.3, -0.25) is 0 Å². The zero-order chi connectivity index (χ0) is 17.6. The fraction of sp³-hybridized carbons (Fsp3) is 0.471. The molecule has 4 rings (SSSR count). The van der Waals surface area contributed by atoms with Crippen LogP contribution < -0.4 is 10.1 Å². The Morgan fingerprint density at radius 3 is 2.96 bits per heavy atom. The van der Waals surface area contributed by atoms with Crippen molar-refractivity contribution in [3.05, 3.63) is 42.0 Å². The third kappa shape index (κ3) is 2.84. The lowest BCUT2D eigenvalue weighted by Gasteiger charge is -2.34. The monoisotopic (exact) mass is 362 g/mol. The number of nitrogens with one attached hydrogen (secondary N) is 1. The van der Waals surface area contributed by atoms with Crippen LogP contribution in [0, 0.1) is 0 Å². The zero-order valence-electron chi connectivity index (χ0n) is 14.3. The average Bonchev–Trinajstić information content (AvgIpc) is 3.18. The smallest absolute Gasteiger partial charge is 0.243 e. The summed E-state index contributed by atoms with van der Waals surface area (Å²) in [6.07, 6.45) is 4.36. The highest BCUT2D eigenvalue weighted by Gasteiger charge is 2.37. The van der Waals surface area contributed by atoms with Crippen LogP contribution in [-0.2, 0) is 23.5 Å². The molecule has 0 spiro atoms. The van der Waals surface area contributed by atoms with Crippen LogP contribution in [0.3, 0.4) is 0 Å². The van der Waals surface area contributed by atoms with Gasteiger partial charge in [-0.25, -0.2) is 13.4 Å². The maximum absolute atomic E-state index is 13.3. The highest BCUT2D eigenvalue weighted by Crippen LogP contribution is 2.33. The van der Waals surface area contributed by atoms with E-state index in [9.17, 15) is 8.42 Å². The number of imidazole rings is 1. The van der Waals surface area contributed by atoms with Gasteiger partial charge in [0.1, 0.15) is 17.7 Å². The Labute approximate surface area is 147 Å². The lowest BCUT2D eigenvalue weighted by Crippen LogP contribution is -2.49. The van der Waals surface area contributed by atoms with Crippen molar-refractivity contribution >= 4 is 10.0 Å². The van der Waals surface area contributed by atoms with Gasteiger partial charge in [-0.2, -0.15) is 4.31 Å². The topological polar surface area (TPSA) is 76.5 Å². The molecule has 7 nitrogen and oxygen atoms in total. The molecule has 2 aliphatic heterocycles. The number of aromatic nitrogens is 2. The second kappa shape index (κ2) is 6.12. The van der Waals surface area contributed by atoms with Crippen molar-refractivity contribution in [2.45, 2.75) is 30.4 Å². The van der Waals surface area contributed by atoms with Gasteiger partial charge in [0.2, 0.25) is 10.0 Å². The Balaban J connectivity index is 1.71. The van der Waals surface area contributed by atoms with Crippen molar-refractivity contribution in [2.75, 3.05) is 19.6 Å². The molecule has 1 saturated heterocycles. The van der Waals surface area contributed by atoms with E-state index in [-0.39, 0.29) is 12.1 Å². The number of piperazine rings is 1. The van der Waals surface area contributed by atoms with Crippen LogP contribution in [0.1, 0.15) is 24.4 Å². The number of fused-ring (bicyclic) bond motifs is 1. The SMILES string of the molecule is CC1Cc2cc(S(=O)(=O)N3CCNCC3c3nccn3C)ccc2O1. The molecule has 8 heteroatoms. The molecule has 25 heavy (non-hydrogen) atoms. The van der Waals surface area contributed by atoms with Gasteiger partial charge in [0, 0.05) is 45.5 Å². The molecule has 0 amide bonds. The van der Waals surface area contributed by atoms with Crippen LogP contribution in [0.5, 0.6) is 5.75 Å². The summed E-state index contributed by atoms with van der Waals surface area (Å²) in [5, 5.41) is 3.27. The standard InChI is InChI=1S/C17H22N4O3S/c1-12-9-13-10-14(3-4-16(13)24-12)25(22,23)21-8-5-18-11-15(21)17-19-6-7-20(17)2/h3-4,6-7,10,12,15,18H,5,8-9,11H2,1-2H3. The van der Waals surface area contributed by atoms with Crippen molar-refractivity contribution in [1.29, 1.82) is 0 Å². The van der Waals surface area contributed by atoms with Gasteiger partial charge in [0.05, 0.1) is 10.9 Å². The summed E-state index contributed by atoms with van der Waals surface area (Å²) in [6, 6.07) is 4.85. The van der Waals surface area contributed by atoms with E-state index in [2.05, 4.69) is 10.3 Å². The maximum Gasteiger partial charge on any atom is 0.243 e. The number of benzene rings is 1. The molecular formula is C17H22N4O3S. The summed E-state index contributed by atoms with van der Waals surface area (Å²) in [7, 11) is -1.72. The van der Waals surface area contributed by atoms with Gasteiger partial charge >= 0.3 is 0 Å². The molecule has 2 unspecified atom stereocenters. The van der Waals surface area contributed by atoms with E-state index in [1.165, 1.54) is 0 Å². The van der Waals surface area contributed by atoms with Crippen molar-refractivity contribution in [2.24, 2.45) is 7.05 Å². The second-order valence-electron chi connectivity index (χ2n) is 6.63. The fourth-order valence-electron chi connectivity index (χ4n) is 3.59. The van der Waals surface area contributed by atoms with Gasteiger partial charge < -0.3 is 14.6 Å². The first-order chi connectivity index (χ1) is 12.0. The Kier molecular flexibility index (Phi) is 4.05. The maximum atomic E-state index is 13.3. The molecule has 0 bridgehead atoms. The van der Waals surface area contributed by atoms with Crippen LogP contribution in [0.25, 0.3) is 0 Å². The van der Waals surface area contributed by atoms with Crippen LogP contribution in [0.2, 0.25) is 0 Å². The summed E-state index contributed by atoms with van der Waals surface area (Å²) in [4.78, 5) is 4.69. The normalized spacial score (nSPS) is 24.1. The van der Waals surface area contributed by atoms with Crippen molar-refractivity contribution in [1.82, 2.24) is 19.2 Å². The Morgan fingerprint density at radius 2 is 2.20 bits per heavy atom. The third-order valence-electron chi connectivity index (χ3n) is 4.82. The van der Waals surface area contributed by atoms with E-state index in [1.54, 1.807) is 28.7 Å². The number of sulfonamides is 1. The summed E-state index contributed by atoms with van der Waals surface area (Å²) in [6.45, 7) is 3.59. The molecule has 1 fully saturated rings. The number of ether oxygens (including phenoxy) is 1. The fourth-order valence-corrected chi connectivity index (χ4v) is 5.22. The highest BCUT2D eigenvalue weighted by molar-refractivity contribution is 7.89. The van der Waals surface area contributed by atoms with E-state index < -0.39 is 10.0 Å². The summed E-state index contributed by atoms with van der Waals surface area (Å²) in [5.74, 6) is 1.53. The Bertz CT molecular complexity index is 893. The summed E-state index contributed by atoms with van der Waals surface area (Å²) in [5.41, 5.74) is 0.956. The zero-order valence-corrected chi connectivity index (χ0v) is 15.2. The first kappa shape index (κ1) is 16.6. The largest absolute Gasteiger partial charge is 0.490 e. The minimum Gasteiger partial charge on any atom is -0.490 e. The van der Waals surface area contributed by atoms with Crippen molar-refractivity contribution in [3.8, 4) is 5.75 Å². The number of rotatable bonds is 3. The number of hydrogen-bond donors (Lipinski definition) is 1. The Hall–Kier alpha value is -1.90. The molecule has 134 valence electrons. The van der Waals surface area contributed by atoms with E-state index in [4.69, 9.17) is 4.74 Å². The van der Waals surface area contributed by atoms with Gasteiger partial charge in [0.15, 0.2) is 0 Å². The van der Waals surface area contributed by atoms with E-state index in [0.29, 0.717) is 24.5 Å². The minimum atomic E-state index is -3.61. The van der Waals surface area contributed by atoms with Crippen LogP contribution >= 0.6 is 0 Å². The van der Waals surface area contributed by atoms with Crippen molar-refractivity contribution in [3.63, 3.8) is 0 Å².